The van der Waals surface area contributed by atoms with Crippen molar-refractivity contribution in [1.82, 2.24) is 29.9 Å². The first-order chi connectivity index (χ1) is 10.8. The highest BCUT2D eigenvalue weighted by Crippen LogP contribution is 2.20. The molecule has 7 heteroatoms. The molecule has 0 spiro atoms. The quantitative estimate of drug-likeness (QED) is 0.885. The van der Waals surface area contributed by atoms with Gasteiger partial charge in [0.2, 0.25) is 0 Å². The molecule has 0 aliphatic heterocycles. The summed E-state index contributed by atoms with van der Waals surface area (Å²) in [5, 5.41) is 11.6. The van der Waals surface area contributed by atoms with E-state index in [1.54, 1.807) is 16.4 Å². The van der Waals surface area contributed by atoms with Crippen LogP contribution < -0.4 is 5.32 Å². The van der Waals surface area contributed by atoms with Gasteiger partial charge in [0.1, 0.15) is 17.8 Å². The van der Waals surface area contributed by atoms with Crippen LogP contribution in [0.4, 0.5) is 0 Å². The molecule has 2 heterocycles. The Morgan fingerprint density at radius 3 is 2.39 bits per heavy atom. The van der Waals surface area contributed by atoms with Crippen LogP contribution in [0.15, 0.2) is 12.4 Å². The third-order valence-electron chi connectivity index (χ3n) is 3.79. The molecule has 0 aromatic carbocycles. The van der Waals surface area contributed by atoms with E-state index in [-0.39, 0.29) is 17.9 Å². The van der Waals surface area contributed by atoms with Crippen LogP contribution in [-0.2, 0) is 14.1 Å². The lowest BCUT2D eigenvalue weighted by molar-refractivity contribution is 0.0919. The van der Waals surface area contributed by atoms with Gasteiger partial charge in [0, 0.05) is 14.1 Å². The number of nitrogens with one attached hydrogen (secondary N) is 1. The topological polar surface area (TPSA) is 77.6 Å². The number of hydrogen-bond acceptors (Lipinski definition) is 4. The molecule has 0 radical (unpaired) electrons. The summed E-state index contributed by atoms with van der Waals surface area (Å²) in [7, 11) is 3.63. The molecule has 1 N–H and O–H groups in total. The van der Waals surface area contributed by atoms with Gasteiger partial charge < -0.3 is 5.32 Å². The van der Waals surface area contributed by atoms with E-state index >= 15 is 0 Å². The van der Waals surface area contributed by atoms with Crippen LogP contribution in [0, 0.1) is 5.92 Å². The standard InChI is InChI=1S/C16H26N6O/c1-10(2)7-13(15-17-9-18-22(15)6)19-16(23)14-8-12(11(3)4)20-21(14)5/h8-11,13H,7H2,1-6H3,(H,19,23)/t13-/m0/s1. The molecule has 23 heavy (non-hydrogen) atoms. The molecular formula is C16H26N6O. The summed E-state index contributed by atoms with van der Waals surface area (Å²) >= 11 is 0. The van der Waals surface area contributed by atoms with E-state index < -0.39 is 0 Å². The van der Waals surface area contributed by atoms with Crippen LogP contribution in [0.25, 0.3) is 0 Å². The molecule has 1 atom stereocenters. The van der Waals surface area contributed by atoms with Crippen LogP contribution in [0.2, 0.25) is 0 Å². The fourth-order valence-electron chi connectivity index (χ4n) is 2.54. The minimum atomic E-state index is -0.174. The number of nitrogens with zero attached hydrogens (tertiary/aromatic N) is 5. The molecule has 0 saturated heterocycles. The summed E-state index contributed by atoms with van der Waals surface area (Å²) in [5.74, 6) is 1.33. The minimum absolute atomic E-state index is 0.138. The maximum Gasteiger partial charge on any atom is 0.270 e. The number of carbonyl (C=O) groups excluding carboxylic acids is 1. The summed E-state index contributed by atoms with van der Waals surface area (Å²) in [5.41, 5.74) is 1.47. The average molecular weight is 318 g/mol. The molecule has 0 saturated carbocycles. The molecule has 0 bridgehead atoms. The number of hydrogen-bond donors (Lipinski definition) is 1. The highest BCUT2D eigenvalue weighted by atomic mass is 16.2. The molecular weight excluding hydrogens is 292 g/mol. The SMILES string of the molecule is CC(C)C[C@H](NC(=O)c1cc(C(C)C)nn1C)c1ncnn1C. The maximum atomic E-state index is 12.7. The lowest BCUT2D eigenvalue weighted by Gasteiger charge is -2.19. The molecule has 2 rings (SSSR count). The summed E-state index contributed by atoms with van der Waals surface area (Å²) in [6, 6.07) is 1.68. The van der Waals surface area contributed by atoms with E-state index in [2.05, 4.69) is 48.2 Å². The van der Waals surface area contributed by atoms with Gasteiger partial charge in [0.05, 0.1) is 11.7 Å². The predicted molar refractivity (Wildman–Crippen MR) is 88.0 cm³/mol. The number of aryl methyl sites for hydroxylation is 2. The van der Waals surface area contributed by atoms with E-state index in [0.29, 0.717) is 11.6 Å². The lowest BCUT2D eigenvalue weighted by atomic mass is 10.0. The van der Waals surface area contributed by atoms with Crippen molar-refractivity contribution in [2.24, 2.45) is 20.0 Å². The summed E-state index contributed by atoms with van der Waals surface area (Å²) in [6.07, 6.45) is 2.31. The van der Waals surface area contributed by atoms with Gasteiger partial charge >= 0.3 is 0 Å². The second-order valence-electron chi connectivity index (χ2n) is 6.63. The first-order valence-electron chi connectivity index (χ1n) is 7.98. The van der Waals surface area contributed by atoms with E-state index in [1.807, 2.05) is 13.1 Å². The molecule has 1 amide bonds. The molecule has 2 aromatic heterocycles. The molecule has 0 unspecified atom stereocenters. The van der Waals surface area contributed by atoms with Crippen molar-refractivity contribution in [3.63, 3.8) is 0 Å². The van der Waals surface area contributed by atoms with Crippen molar-refractivity contribution >= 4 is 5.91 Å². The summed E-state index contributed by atoms with van der Waals surface area (Å²) in [6.45, 7) is 8.36. The van der Waals surface area contributed by atoms with Crippen molar-refractivity contribution < 1.29 is 4.79 Å². The number of amides is 1. The Kier molecular flexibility index (Phi) is 5.18. The predicted octanol–water partition coefficient (Wildman–Crippen LogP) is 2.19. The number of rotatable bonds is 6. The second-order valence-corrected chi connectivity index (χ2v) is 6.63. The Balaban J connectivity index is 2.22. The van der Waals surface area contributed by atoms with Gasteiger partial charge in [-0.15, -0.1) is 0 Å². The summed E-state index contributed by atoms with van der Waals surface area (Å²) in [4.78, 5) is 17.0. The van der Waals surface area contributed by atoms with Crippen LogP contribution in [0.1, 0.15) is 68.1 Å². The lowest BCUT2D eigenvalue weighted by Crippen LogP contribution is -2.32. The average Bonchev–Trinajstić information content (AvgIpc) is 3.03. The van der Waals surface area contributed by atoms with Gasteiger partial charge in [-0.25, -0.2) is 4.98 Å². The third kappa shape index (κ3) is 3.97. The first kappa shape index (κ1) is 17.2. The van der Waals surface area contributed by atoms with Crippen molar-refractivity contribution in [1.29, 1.82) is 0 Å². The van der Waals surface area contributed by atoms with E-state index in [1.165, 1.54) is 6.33 Å². The highest BCUT2D eigenvalue weighted by Gasteiger charge is 2.23. The van der Waals surface area contributed by atoms with Crippen LogP contribution in [0.5, 0.6) is 0 Å². The zero-order valence-corrected chi connectivity index (χ0v) is 14.7. The van der Waals surface area contributed by atoms with Crippen molar-refractivity contribution in [2.45, 2.75) is 46.1 Å². The molecule has 126 valence electrons. The second kappa shape index (κ2) is 6.93. The molecule has 7 nitrogen and oxygen atoms in total. The molecule has 0 aliphatic rings. The van der Waals surface area contributed by atoms with E-state index in [0.717, 1.165) is 17.9 Å². The smallest absolute Gasteiger partial charge is 0.270 e. The van der Waals surface area contributed by atoms with Crippen molar-refractivity contribution in [3.05, 3.63) is 29.6 Å². The fraction of sp³-hybridized carbons (Fsp3) is 0.625. The van der Waals surface area contributed by atoms with E-state index in [9.17, 15) is 4.79 Å². The first-order valence-corrected chi connectivity index (χ1v) is 7.98. The van der Waals surface area contributed by atoms with Gasteiger partial charge in [-0.2, -0.15) is 10.2 Å². The largest absolute Gasteiger partial charge is 0.341 e. The Morgan fingerprint density at radius 2 is 1.91 bits per heavy atom. The third-order valence-corrected chi connectivity index (χ3v) is 3.79. The van der Waals surface area contributed by atoms with Gasteiger partial charge in [-0.1, -0.05) is 27.7 Å². The summed E-state index contributed by atoms with van der Waals surface area (Å²) < 4.78 is 3.34. The highest BCUT2D eigenvalue weighted by molar-refractivity contribution is 5.92. The van der Waals surface area contributed by atoms with Crippen molar-refractivity contribution in [3.8, 4) is 0 Å². The Morgan fingerprint density at radius 1 is 1.22 bits per heavy atom. The normalized spacial score (nSPS) is 12.9. The van der Waals surface area contributed by atoms with Gasteiger partial charge in [-0.05, 0) is 24.3 Å². The monoisotopic (exact) mass is 318 g/mol. The van der Waals surface area contributed by atoms with Gasteiger partial charge in [0.15, 0.2) is 0 Å². The Hall–Kier alpha value is -2.18. The zero-order valence-electron chi connectivity index (χ0n) is 14.7. The minimum Gasteiger partial charge on any atom is -0.341 e. The van der Waals surface area contributed by atoms with Crippen LogP contribution in [0.3, 0.4) is 0 Å². The van der Waals surface area contributed by atoms with Crippen LogP contribution in [-0.4, -0.2) is 30.5 Å². The molecule has 0 aliphatic carbocycles. The number of aromatic nitrogens is 5. The molecule has 2 aromatic rings. The molecule has 0 fully saturated rings. The Labute approximate surface area is 137 Å². The van der Waals surface area contributed by atoms with Gasteiger partial charge in [-0.3, -0.25) is 14.2 Å². The van der Waals surface area contributed by atoms with Crippen LogP contribution >= 0.6 is 0 Å². The van der Waals surface area contributed by atoms with Crippen molar-refractivity contribution in [2.75, 3.05) is 0 Å². The number of carbonyl (C=O) groups is 1. The fourth-order valence-corrected chi connectivity index (χ4v) is 2.54. The zero-order chi connectivity index (χ0) is 17.1. The Bertz CT molecular complexity index is 670. The van der Waals surface area contributed by atoms with Gasteiger partial charge in [0.25, 0.3) is 5.91 Å². The maximum absolute atomic E-state index is 12.7. The van der Waals surface area contributed by atoms with E-state index in [4.69, 9.17) is 0 Å².